The fourth-order valence-corrected chi connectivity index (χ4v) is 2.31. The highest BCUT2D eigenvalue weighted by atomic mass is 16.5. The zero-order chi connectivity index (χ0) is 10.5. The van der Waals surface area contributed by atoms with E-state index in [0.29, 0.717) is 12.6 Å². The molecule has 0 spiro atoms. The van der Waals surface area contributed by atoms with Crippen LogP contribution in [0.1, 0.15) is 32.1 Å². The first-order chi connectivity index (χ1) is 7.38. The topological polar surface area (TPSA) is 38.5 Å². The molecule has 0 aromatic carbocycles. The van der Waals surface area contributed by atoms with E-state index in [1.165, 1.54) is 51.7 Å². The maximum absolute atomic E-state index is 5.67. The van der Waals surface area contributed by atoms with Crippen LogP contribution in [0.4, 0.5) is 0 Å². The molecule has 2 fully saturated rings. The fourth-order valence-electron chi connectivity index (χ4n) is 2.31. The molecule has 2 N–H and O–H groups in total. The highest BCUT2D eigenvalue weighted by Gasteiger charge is 2.24. The lowest BCUT2D eigenvalue weighted by Crippen LogP contribution is -2.38. The van der Waals surface area contributed by atoms with Gasteiger partial charge in [0, 0.05) is 19.6 Å². The Kier molecular flexibility index (Phi) is 4.42. The SMILES string of the molecule is NCCOC1CCN(CCC2CC2)CC1. The lowest BCUT2D eigenvalue weighted by molar-refractivity contribution is 0.0111. The van der Waals surface area contributed by atoms with Crippen molar-refractivity contribution in [3.05, 3.63) is 0 Å². The van der Waals surface area contributed by atoms with Gasteiger partial charge in [0.25, 0.3) is 0 Å². The molecule has 0 unspecified atom stereocenters. The smallest absolute Gasteiger partial charge is 0.0600 e. The van der Waals surface area contributed by atoms with Gasteiger partial charge in [0.15, 0.2) is 0 Å². The van der Waals surface area contributed by atoms with E-state index in [4.69, 9.17) is 10.5 Å². The van der Waals surface area contributed by atoms with Crippen molar-refractivity contribution in [1.29, 1.82) is 0 Å². The van der Waals surface area contributed by atoms with E-state index in [-0.39, 0.29) is 0 Å². The fraction of sp³-hybridized carbons (Fsp3) is 1.00. The van der Waals surface area contributed by atoms with Gasteiger partial charge < -0.3 is 15.4 Å². The molecule has 0 aromatic rings. The number of nitrogens with zero attached hydrogens (tertiary/aromatic N) is 1. The molecule has 2 aliphatic rings. The molecular weight excluding hydrogens is 188 g/mol. The van der Waals surface area contributed by atoms with E-state index in [1.807, 2.05) is 0 Å². The third kappa shape index (κ3) is 4.09. The number of hydrogen-bond donors (Lipinski definition) is 1. The van der Waals surface area contributed by atoms with Crippen LogP contribution in [0.15, 0.2) is 0 Å². The zero-order valence-electron chi connectivity index (χ0n) is 9.66. The molecule has 0 aromatic heterocycles. The molecule has 1 aliphatic heterocycles. The molecule has 3 nitrogen and oxygen atoms in total. The molecule has 3 heteroatoms. The third-order valence-corrected chi connectivity index (χ3v) is 3.56. The Bertz CT molecular complexity index is 174. The van der Waals surface area contributed by atoms with Crippen molar-refractivity contribution in [2.75, 3.05) is 32.8 Å². The lowest BCUT2D eigenvalue weighted by atomic mass is 10.1. The monoisotopic (exact) mass is 212 g/mol. The largest absolute Gasteiger partial charge is 0.377 e. The molecule has 0 bridgehead atoms. The van der Waals surface area contributed by atoms with Gasteiger partial charge in [-0.2, -0.15) is 0 Å². The van der Waals surface area contributed by atoms with Crippen molar-refractivity contribution in [2.24, 2.45) is 11.7 Å². The van der Waals surface area contributed by atoms with E-state index >= 15 is 0 Å². The normalized spacial score (nSPS) is 24.6. The molecule has 1 saturated carbocycles. The maximum atomic E-state index is 5.67. The van der Waals surface area contributed by atoms with Crippen molar-refractivity contribution < 1.29 is 4.74 Å². The maximum Gasteiger partial charge on any atom is 0.0600 e. The Morgan fingerprint density at radius 1 is 1.13 bits per heavy atom. The molecule has 15 heavy (non-hydrogen) atoms. The highest BCUT2D eigenvalue weighted by molar-refractivity contribution is 4.77. The molecule has 88 valence electrons. The highest BCUT2D eigenvalue weighted by Crippen LogP contribution is 2.32. The zero-order valence-corrected chi connectivity index (χ0v) is 9.66. The van der Waals surface area contributed by atoms with E-state index < -0.39 is 0 Å². The number of nitrogens with two attached hydrogens (primary N) is 1. The third-order valence-electron chi connectivity index (χ3n) is 3.56. The van der Waals surface area contributed by atoms with Crippen LogP contribution in [-0.2, 0) is 4.74 Å². The van der Waals surface area contributed by atoms with E-state index in [0.717, 1.165) is 12.5 Å². The van der Waals surface area contributed by atoms with Gasteiger partial charge in [-0.15, -0.1) is 0 Å². The van der Waals surface area contributed by atoms with Gasteiger partial charge in [-0.1, -0.05) is 12.8 Å². The summed E-state index contributed by atoms with van der Waals surface area (Å²) in [4.78, 5) is 2.60. The van der Waals surface area contributed by atoms with Crippen molar-refractivity contribution >= 4 is 0 Å². The van der Waals surface area contributed by atoms with Crippen LogP contribution in [0.5, 0.6) is 0 Å². The summed E-state index contributed by atoms with van der Waals surface area (Å²) in [6, 6.07) is 0. The summed E-state index contributed by atoms with van der Waals surface area (Å²) in [5, 5.41) is 0. The molecule has 1 aliphatic carbocycles. The Labute approximate surface area is 93.0 Å². The first kappa shape index (κ1) is 11.4. The summed E-state index contributed by atoms with van der Waals surface area (Å²) in [6.45, 7) is 5.15. The standard InChI is InChI=1S/C12H24N2O/c13-6-10-15-12-4-8-14(9-5-12)7-3-11-1-2-11/h11-12H,1-10,13H2. The van der Waals surface area contributed by atoms with Gasteiger partial charge in [0.05, 0.1) is 12.7 Å². The Morgan fingerprint density at radius 2 is 1.87 bits per heavy atom. The Morgan fingerprint density at radius 3 is 2.47 bits per heavy atom. The number of likely N-dealkylation sites (tertiary alicyclic amines) is 1. The van der Waals surface area contributed by atoms with Crippen molar-refractivity contribution in [1.82, 2.24) is 4.90 Å². The average Bonchev–Trinajstić information content (AvgIpc) is 3.09. The minimum atomic E-state index is 0.478. The summed E-state index contributed by atoms with van der Waals surface area (Å²) in [5.74, 6) is 1.07. The van der Waals surface area contributed by atoms with E-state index in [2.05, 4.69) is 4.90 Å². The summed E-state index contributed by atoms with van der Waals surface area (Å²) in [7, 11) is 0. The molecular formula is C12H24N2O. The Hall–Kier alpha value is -0.120. The quantitative estimate of drug-likeness (QED) is 0.719. The average molecular weight is 212 g/mol. The molecule has 0 amide bonds. The van der Waals surface area contributed by atoms with Crippen LogP contribution in [0, 0.1) is 5.92 Å². The summed E-state index contributed by atoms with van der Waals surface area (Å²) < 4.78 is 5.67. The predicted octanol–water partition coefficient (Wildman–Crippen LogP) is 1.23. The van der Waals surface area contributed by atoms with E-state index in [1.54, 1.807) is 0 Å². The minimum absolute atomic E-state index is 0.478. The van der Waals surface area contributed by atoms with Crippen molar-refractivity contribution in [3.8, 4) is 0 Å². The van der Waals surface area contributed by atoms with Crippen LogP contribution >= 0.6 is 0 Å². The minimum Gasteiger partial charge on any atom is -0.377 e. The molecule has 2 rings (SSSR count). The van der Waals surface area contributed by atoms with Crippen molar-refractivity contribution in [2.45, 2.75) is 38.2 Å². The number of ether oxygens (including phenoxy) is 1. The van der Waals surface area contributed by atoms with Gasteiger partial charge >= 0.3 is 0 Å². The molecule has 1 heterocycles. The second-order valence-corrected chi connectivity index (χ2v) is 4.93. The second-order valence-electron chi connectivity index (χ2n) is 4.93. The van der Waals surface area contributed by atoms with Crippen molar-refractivity contribution in [3.63, 3.8) is 0 Å². The van der Waals surface area contributed by atoms with Gasteiger partial charge in [-0.25, -0.2) is 0 Å². The van der Waals surface area contributed by atoms with Crippen LogP contribution in [0.2, 0.25) is 0 Å². The predicted molar refractivity (Wildman–Crippen MR) is 61.8 cm³/mol. The van der Waals surface area contributed by atoms with Gasteiger partial charge in [0.2, 0.25) is 0 Å². The number of hydrogen-bond acceptors (Lipinski definition) is 3. The van der Waals surface area contributed by atoms with Crippen LogP contribution < -0.4 is 5.73 Å². The number of piperidine rings is 1. The summed E-state index contributed by atoms with van der Waals surface area (Å²) >= 11 is 0. The Balaban J connectivity index is 1.54. The first-order valence-corrected chi connectivity index (χ1v) is 6.42. The van der Waals surface area contributed by atoms with Crippen LogP contribution in [0.3, 0.4) is 0 Å². The van der Waals surface area contributed by atoms with Gasteiger partial charge in [0.1, 0.15) is 0 Å². The lowest BCUT2D eigenvalue weighted by Gasteiger charge is -2.31. The summed E-state index contributed by atoms with van der Waals surface area (Å²) in [6.07, 6.45) is 7.27. The second kappa shape index (κ2) is 5.83. The number of rotatable bonds is 6. The first-order valence-electron chi connectivity index (χ1n) is 6.42. The van der Waals surface area contributed by atoms with E-state index in [9.17, 15) is 0 Å². The molecule has 1 saturated heterocycles. The van der Waals surface area contributed by atoms with Gasteiger partial charge in [-0.05, 0) is 31.7 Å². The van der Waals surface area contributed by atoms with Crippen LogP contribution in [-0.4, -0.2) is 43.8 Å². The van der Waals surface area contributed by atoms with Gasteiger partial charge in [-0.3, -0.25) is 0 Å². The molecule has 0 atom stereocenters. The van der Waals surface area contributed by atoms with Crippen LogP contribution in [0.25, 0.3) is 0 Å². The molecule has 0 radical (unpaired) electrons. The summed E-state index contributed by atoms with van der Waals surface area (Å²) in [5.41, 5.74) is 5.43.